The highest BCUT2D eigenvalue weighted by atomic mass is 32.2. The molecule has 1 aromatic carbocycles. The number of hydrogen-bond acceptors (Lipinski definition) is 5. The largest absolute Gasteiger partial charge is 0.382 e. The summed E-state index contributed by atoms with van der Waals surface area (Å²) in [6.07, 6.45) is 0. The summed E-state index contributed by atoms with van der Waals surface area (Å²) < 4.78 is 32.3. The summed E-state index contributed by atoms with van der Waals surface area (Å²) in [6, 6.07) is 5.60. The first kappa shape index (κ1) is 15.9. The molecule has 2 fully saturated rings. The molecule has 2 aliphatic heterocycles. The zero-order valence-electron chi connectivity index (χ0n) is 13.3. The summed E-state index contributed by atoms with van der Waals surface area (Å²) in [5.74, 6) is 0.382. The number of hydrogen-bond donors (Lipinski definition) is 2. The van der Waals surface area contributed by atoms with Crippen LogP contribution in [-0.4, -0.2) is 46.6 Å². The lowest BCUT2D eigenvalue weighted by Gasteiger charge is -2.34. The first-order chi connectivity index (χ1) is 10.4. The third-order valence-electron chi connectivity index (χ3n) is 5.07. The summed E-state index contributed by atoms with van der Waals surface area (Å²) >= 11 is 0. The van der Waals surface area contributed by atoms with Crippen molar-refractivity contribution in [2.24, 2.45) is 11.8 Å². The maximum absolute atomic E-state index is 13.5. The SMILES string of the molecule is COCC1(S(=O)(=O)c2cc(C)ccc2C)NCC2CNCC21. The Kier molecular flexibility index (Phi) is 4.05. The van der Waals surface area contributed by atoms with Crippen molar-refractivity contribution in [1.82, 2.24) is 10.6 Å². The van der Waals surface area contributed by atoms with Crippen LogP contribution in [0.5, 0.6) is 0 Å². The number of sulfone groups is 1. The molecule has 6 heteroatoms. The first-order valence-corrected chi connectivity index (χ1v) is 9.17. The molecule has 2 saturated heterocycles. The second-order valence-corrected chi connectivity index (χ2v) is 8.68. The molecular formula is C16H24N2O3S. The summed E-state index contributed by atoms with van der Waals surface area (Å²) in [4.78, 5) is -0.612. The molecule has 5 nitrogen and oxygen atoms in total. The summed E-state index contributed by atoms with van der Waals surface area (Å²) in [5.41, 5.74) is 1.74. The van der Waals surface area contributed by atoms with E-state index in [1.807, 2.05) is 26.0 Å². The van der Waals surface area contributed by atoms with Crippen LogP contribution in [0.3, 0.4) is 0 Å². The number of nitrogens with one attached hydrogen (secondary N) is 2. The van der Waals surface area contributed by atoms with Gasteiger partial charge in [0.2, 0.25) is 0 Å². The van der Waals surface area contributed by atoms with Crippen molar-refractivity contribution in [3.05, 3.63) is 29.3 Å². The normalized spacial score (nSPS) is 31.4. The Morgan fingerprint density at radius 2 is 2.05 bits per heavy atom. The second kappa shape index (κ2) is 5.60. The van der Waals surface area contributed by atoms with E-state index < -0.39 is 14.7 Å². The van der Waals surface area contributed by atoms with Crippen molar-refractivity contribution >= 4 is 9.84 Å². The van der Waals surface area contributed by atoms with Crippen molar-refractivity contribution < 1.29 is 13.2 Å². The van der Waals surface area contributed by atoms with E-state index in [4.69, 9.17) is 4.74 Å². The van der Waals surface area contributed by atoms with Crippen molar-refractivity contribution in [2.75, 3.05) is 33.4 Å². The Labute approximate surface area is 132 Å². The summed E-state index contributed by atoms with van der Waals surface area (Å²) in [6.45, 7) is 6.24. The topological polar surface area (TPSA) is 67.4 Å². The molecule has 0 amide bonds. The van der Waals surface area contributed by atoms with Crippen molar-refractivity contribution in [3.63, 3.8) is 0 Å². The molecule has 3 atom stereocenters. The van der Waals surface area contributed by atoms with Gasteiger partial charge in [0.05, 0.1) is 11.5 Å². The summed E-state index contributed by atoms with van der Waals surface area (Å²) in [7, 11) is -1.98. The van der Waals surface area contributed by atoms with Gasteiger partial charge in [0, 0.05) is 26.1 Å². The maximum atomic E-state index is 13.5. The lowest BCUT2D eigenvalue weighted by molar-refractivity contribution is 0.136. The van der Waals surface area contributed by atoms with Crippen LogP contribution in [-0.2, 0) is 14.6 Å². The summed E-state index contributed by atoms with van der Waals surface area (Å²) in [5, 5.41) is 6.63. The standard InChI is InChI=1S/C16H24N2O3S/c1-11-4-5-12(2)15(6-11)22(19,20)16(10-21-3)14-9-17-7-13(14)8-18-16/h4-6,13-14,17-18H,7-10H2,1-3H3. The fraction of sp³-hybridized carbons (Fsp3) is 0.625. The lowest BCUT2D eigenvalue weighted by atomic mass is 9.94. The first-order valence-electron chi connectivity index (χ1n) is 7.69. The van der Waals surface area contributed by atoms with Gasteiger partial charge in [-0.25, -0.2) is 8.42 Å². The minimum Gasteiger partial charge on any atom is -0.382 e. The Morgan fingerprint density at radius 3 is 2.77 bits per heavy atom. The predicted molar refractivity (Wildman–Crippen MR) is 85.6 cm³/mol. The molecule has 122 valence electrons. The van der Waals surface area contributed by atoms with E-state index in [0.29, 0.717) is 23.9 Å². The van der Waals surface area contributed by atoms with E-state index in [2.05, 4.69) is 10.6 Å². The number of fused-ring (bicyclic) bond motifs is 1. The molecule has 0 aromatic heterocycles. The third-order valence-corrected chi connectivity index (χ3v) is 7.62. The number of aryl methyl sites for hydroxylation is 2. The zero-order chi connectivity index (χ0) is 16.0. The van der Waals surface area contributed by atoms with Gasteiger partial charge in [-0.2, -0.15) is 0 Å². The van der Waals surface area contributed by atoms with E-state index in [-0.39, 0.29) is 12.5 Å². The highest BCUT2D eigenvalue weighted by molar-refractivity contribution is 7.93. The van der Waals surface area contributed by atoms with E-state index in [1.54, 1.807) is 13.2 Å². The average molecular weight is 324 g/mol. The average Bonchev–Trinajstić information content (AvgIpc) is 3.06. The molecule has 0 radical (unpaired) electrons. The highest BCUT2D eigenvalue weighted by Crippen LogP contribution is 2.42. The lowest BCUT2D eigenvalue weighted by Crippen LogP contribution is -2.56. The third kappa shape index (κ3) is 2.21. The Hall–Kier alpha value is -0.950. The second-order valence-electron chi connectivity index (χ2n) is 6.50. The molecule has 0 aliphatic carbocycles. The van der Waals surface area contributed by atoms with Gasteiger partial charge >= 0.3 is 0 Å². The Bertz CT molecular complexity index is 670. The minimum absolute atomic E-state index is 0.0392. The fourth-order valence-corrected chi connectivity index (χ4v) is 6.31. The molecule has 2 N–H and O–H groups in total. The van der Waals surface area contributed by atoms with Gasteiger partial charge in [-0.1, -0.05) is 12.1 Å². The number of rotatable bonds is 4. The van der Waals surface area contributed by atoms with E-state index >= 15 is 0 Å². The maximum Gasteiger partial charge on any atom is 0.200 e. The molecule has 0 saturated carbocycles. The van der Waals surface area contributed by atoms with Crippen LogP contribution in [0.2, 0.25) is 0 Å². The monoisotopic (exact) mass is 324 g/mol. The van der Waals surface area contributed by atoms with Crippen LogP contribution in [0, 0.1) is 25.7 Å². The highest BCUT2D eigenvalue weighted by Gasteiger charge is 2.58. The fourth-order valence-electron chi connectivity index (χ4n) is 3.87. The quantitative estimate of drug-likeness (QED) is 0.860. The van der Waals surface area contributed by atoms with Gasteiger partial charge in [0.15, 0.2) is 14.7 Å². The van der Waals surface area contributed by atoms with Crippen LogP contribution < -0.4 is 10.6 Å². The van der Waals surface area contributed by atoms with Gasteiger partial charge in [0.1, 0.15) is 0 Å². The molecule has 2 aliphatic rings. The zero-order valence-corrected chi connectivity index (χ0v) is 14.2. The predicted octanol–water partition coefficient (Wildman–Crippen LogP) is 0.859. The molecular weight excluding hydrogens is 300 g/mol. The van der Waals surface area contributed by atoms with Crippen LogP contribution >= 0.6 is 0 Å². The van der Waals surface area contributed by atoms with E-state index in [1.165, 1.54) is 0 Å². The minimum atomic E-state index is -3.55. The molecule has 0 spiro atoms. The number of methoxy groups -OCH3 is 1. The van der Waals surface area contributed by atoms with E-state index in [9.17, 15) is 8.42 Å². The van der Waals surface area contributed by atoms with E-state index in [0.717, 1.165) is 17.7 Å². The van der Waals surface area contributed by atoms with Crippen molar-refractivity contribution in [2.45, 2.75) is 23.6 Å². The van der Waals surface area contributed by atoms with Crippen molar-refractivity contribution in [1.29, 1.82) is 0 Å². The smallest absolute Gasteiger partial charge is 0.200 e. The van der Waals surface area contributed by atoms with Crippen LogP contribution in [0.1, 0.15) is 11.1 Å². The molecule has 1 aromatic rings. The molecule has 3 unspecified atom stereocenters. The van der Waals surface area contributed by atoms with Gasteiger partial charge in [-0.05, 0) is 43.5 Å². The van der Waals surface area contributed by atoms with Gasteiger partial charge in [-0.3, -0.25) is 5.32 Å². The number of benzene rings is 1. The van der Waals surface area contributed by atoms with Gasteiger partial charge in [0.25, 0.3) is 0 Å². The van der Waals surface area contributed by atoms with Gasteiger partial charge < -0.3 is 10.1 Å². The van der Waals surface area contributed by atoms with Crippen LogP contribution in [0.15, 0.2) is 23.1 Å². The molecule has 0 bridgehead atoms. The number of ether oxygens (including phenoxy) is 1. The Morgan fingerprint density at radius 1 is 1.27 bits per heavy atom. The van der Waals surface area contributed by atoms with Crippen LogP contribution in [0.4, 0.5) is 0 Å². The molecule has 2 heterocycles. The molecule has 3 rings (SSSR count). The van der Waals surface area contributed by atoms with Crippen LogP contribution in [0.25, 0.3) is 0 Å². The molecule has 22 heavy (non-hydrogen) atoms. The van der Waals surface area contributed by atoms with Gasteiger partial charge in [-0.15, -0.1) is 0 Å². The Balaban J connectivity index is 2.13. The van der Waals surface area contributed by atoms with Crippen molar-refractivity contribution in [3.8, 4) is 0 Å².